The van der Waals surface area contributed by atoms with Crippen LogP contribution in [-0.4, -0.2) is 24.1 Å². The van der Waals surface area contributed by atoms with Crippen LogP contribution in [0, 0.1) is 0 Å². The molecule has 108 valence electrons. The quantitative estimate of drug-likeness (QED) is 0.720. The van der Waals surface area contributed by atoms with Crippen molar-refractivity contribution in [2.24, 2.45) is 0 Å². The summed E-state index contributed by atoms with van der Waals surface area (Å²) in [6.07, 6.45) is 11.3. The second-order valence-corrected chi connectivity index (χ2v) is 5.74. The van der Waals surface area contributed by atoms with Gasteiger partial charge in [0.1, 0.15) is 0 Å². The van der Waals surface area contributed by atoms with Gasteiger partial charge in [-0.3, -0.25) is 5.32 Å². The Hall–Kier alpha value is -1.26. The summed E-state index contributed by atoms with van der Waals surface area (Å²) in [6.45, 7) is 0. The van der Waals surface area contributed by atoms with Gasteiger partial charge in [-0.05, 0) is 25.7 Å². The molecular weight excluding hydrogens is 242 g/mol. The van der Waals surface area contributed by atoms with Crippen molar-refractivity contribution in [2.45, 2.75) is 76.3 Å². The highest BCUT2D eigenvalue weighted by molar-refractivity contribution is 5.93. The molecule has 2 aliphatic carbocycles. The zero-order chi connectivity index (χ0) is 13.5. The number of carbonyl (C=O) groups is 2. The first-order valence-corrected chi connectivity index (χ1v) is 7.62. The molecular formula is C14H25N3O2. The Kier molecular flexibility index (Phi) is 5.48. The molecule has 0 aromatic rings. The number of amides is 4. The van der Waals surface area contributed by atoms with Crippen LogP contribution in [-0.2, 0) is 0 Å². The van der Waals surface area contributed by atoms with Crippen LogP contribution in [0.4, 0.5) is 9.59 Å². The molecule has 0 aromatic carbocycles. The summed E-state index contributed by atoms with van der Waals surface area (Å²) in [5, 5.41) is 8.13. The van der Waals surface area contributed by atoms with Gasteiger partial charge in [-0.15, -0.1) is 0 Å². The fourth-order valence-corrected chi connectivity index (χ4v) is 3.04. The van der Waals surface area contributed by atoms with Gasteiger partial charge in [-0.25, -0.2) is 9.59 Å². The Balaban J connectivity index is 1.64. The lowest BCUT2D eigenvalue weighted by atomic mass is 9.95. The number of urea groups is 2. The van der Waals surface area contributed by atoms with Gasteiger partial charge in [0, 0.05) is 12.1 Å². The van der Waals surface area contributed by atoms with Gasteiger partial charge in [0.2, 0.25) is 0 Å². The van der Waals surface area contributed by atoms with E-state index in [9.17, 15) is 9.59 Å². The normalized spacial score (nSPS) is 21.7. The Bertz CT molecular complexity index is 278. The first kappa shape index (κ1) is 14.2. The Morgan fingerprint density at radius 2 is 1.00 bits per heavy atom. The molecule has 2 saturated carbocycles. The number of rotatable bonds is 2. The van der Waals surface area contributed by atoms with Gasteiger partial charge in [0.15, 0.2) is 0 Å². The first-order chi connectivity index (χ1) is 9.24. The standard InChI is InChI=1S/C14H25N3O2/c18-13(15-11-7-3-1-4-8-11)17-14(19)16-12-9-5-2-6-10-12/h11-12H,1-10H2,(H3,15,16,17,18,19). The maximum atomic E-state index is 11.7. The lowest BCUT2D eigenvalue weighted by Gasteiger charge is -2.24. The molecule has 0 unspecified atom stereocenters. The van der Waals surface area contributed by atoms with Crippen molar-refractivity contribution in [3.63, 3.8) is 0 Å². The fourth-order valence-electron chi connectivity index (χ4n) is 3.04. The van der Waals surface area contributed by atoms with Crippen molar-refractivity contribution in [3.05, 3.63) is 0 Å². The molecule has 0 aliphatic heterocycles. The van der Waals surface area contributed by atoms with Gasteiger partial charge >= 0.3 is 12.1 Å². The summed E-state index contributed by atoms with van der Waals surface area (Å²) in [7, 11) is 0. The number of imide groups is 1. The maximum absolute atomic E-state index is 11.7. The molecule has 3 N–H and O–H groups in total. The largest absolute Gasteiger partial charge is 0.335 e. The third-order valence-corrected chi connectivity index (χ3v) is 4.11. The molecule has 0 spiro atoms. The van der Waals surface area contributed by atoms with Gasteiger partial charge < -0.3 is 10.6 Å². The van der Waals surface area contributed by atoms with E-state index in [1.807, 2.05) is 0 Å². The molecule has 5 nitrogen and oxygen atoms in total. The van der Waals surface area contributed by atoms with Gasteiger partial charge in [-0.2, -0.15) is 0 Å². The van der Waals surface area contributed by atoms with E-state index in [2.05, 4.69) is 16.0 Å². The molecule has 0 radical (unpaired) electrons. The van der Waals surface area contributed by atoms with E-state index in [0.717, 1.165) is 25.7 Å². The predicted octanol–water partition coefficient (Wildman–Crippen LogP) is 2.66. The molecule has 0 saturated heterocycles. The van der Waals surface area contributed by atoms with E-state index in [0.29, 0.717) is 0 Å². The Morgan fingerprint density at radius 3 is 1.37 bits per heavy atom. The molecule has 2 aliphatic rings. The van der Waals surface area contributed by atoms with Crippen molar-refractivity contribution in [2.75, 3.05) is 0 Å². The summed E-state index contributed by atoms with van der Waals surface area (Å²) in [4.78, 5) is 23.4. The van der Waals surface area contributed by atoms with E-state index >= 15 is 0 Å². The Labute approximate surface area is 114 Å². The van der Waals surface area contributed by atoms with E-state index in [1.165, 1.54) is 38.5 Å². The minimum absolute atomic E-state index is 0.233. The van der Waals surface area contributed by atoms with E-state index in [4.69, 9.17) is 0 Å². The molecule has 0 atom stereocenters. The summed E-state index contributed by atoms with van der Waals surface area (Å²) in [5.74, 6) is 0. The molecule has 2 fully saturated rings. The highest BCUT2D eigenvalue weighted by atomic mass is 16.2. The van der Waals surface area contributed by atoms with Crippen LogP contribution < -0.4 is 16.0 Å². The maximum Gasteiger partial charge on any atom is 0.323 e. The lowest BCUT2D eigenvalue weighted by Crippen LogP contribution is -2.50. The summed E-state index contributed by atoms with van der Waals surface area (Å²) in [5.41, 5.74) is 0. The van der Waals surface area contributed by atoms with Crippen LogP contribution in [0.1, 0.15) is 64.2 Å². The first-order valence-electron chi connectivity index (χ1n) is 7.62. The number of hydrogen-bond donors (Lipinski definition) is 3. The van der Waals surface area contributed by atoms with Crippen LogP contribution in [0.2, 0.25) is 0 Å². The third-order valence-electron chi connectivity index (χ3n) is 4.11. The fraction of sp³-hybridized carbons (Fsp3) is 0.857. The second kappa shape index (κ2) is 7.36. The average molecular weight is 267 g/mol. The molecule has 5 heteroatoms. The molecule has 4 amide bonds. The van der Waals surface area contributed by atoms with Crippen LogP contribution in [0.5, 0.6) is 0 Å². The minimum atomic E-state index is -0.361. The van der Waals surface area contributed by atoms with Crippen molar-refractivity contribution >= 4 is 12.1 Å². The van der Waals surface area contributed by atoms with Crippen LogP contribution in [0.15, 0.2) is 0 Å². The summed E-state index contributed by atoms with van der Waals surface area (Å²) >= 11 is 0. The number of carbonyl (C=O) groups excluding carboxylic acids is 2. The second-order valence-electron chi connectivity index (χ2n) is 5.74. The van der Waals surface area contributed by atoms with E-state index < -0.39 is 0 Å². The highest BCUT2D eigenvalue weighted by Gasteiger charge is 2.19. The molecule has 0 bridgehead atoms. The van der Waals surface area contributed by atoms with Crippen molar-refractivity contribution < 1.29 is 9.59 Å². The van der Waals surface area contributed by atoms with Crippen LogP contribution in [0.25, 0.3) is 0 Å². The van der Waals surface area contributed by atoms with Crippen molar-refractivity contribution in [3.8, 4) is 0 Å². The topological polar surface area (TPSA) is 70.2 Å². The summed E-state index contributed by atoms with van der Waals surface area (Å²) in [6, 6.07) is -0.257. The van der Waals surface area contributed by atoms with Crippen LogP contribution >= 0.6 is 0 Å². The number of nitrogens with one attached hydrogen (secondary N) is 3. The zero-order valence-electron chi connectivity index (χ0n) is 11.5. The zero-order valence-corrected chi connectivity index (χ0v) is 11.5. The molecule has 0 heterocycles. The third kappa shape index (κ3) is 5.09. The predicted molar refractivity (Wildman–Crippen MR) is 73.9 cm³/mol. The van der Waals surface area contributed by atoms with Crippen molar-refractivity contribution in [1.82, 2.24) is 16.0 Å². The van der Waals surface area contributed by atoms with Gasteiger partial charge in [0.25, 0.3) is 0 Å². The molecule has 2 rings (SSSR count). The van der Waals surface area contributed by atoms with Gasteiger partial charge in [-0.1, -0.05) is 38.5 Å². The van der Waals surface area contributed by atoms with Crippen LogP contribution in [0.3, 0.4) is 0 Å². The lowest BCUT2D eigenvalue weighted by molar-refractivity contribution is 0.218. The number of hydrogen-bond acceptors (Lipinski definition) is 2. The molecule has 0 aromatic heterocycles. The molecule has 19 heavy (non-hydrogen) atoms. The minimum Gasteiger partial charge on any atom is -0.335 e. The van der Waals surface area contributed by atoms with E-state index in [-0.39, 0.29) is 24.1 Å². The van der Waals surface area contributed by atoms with Gasteiger partial charge in [0.05, 0.1) is 0 Å². The Morgan fingerprint density at radius 1 is 0.632 bits per heavy atom. The summed E-state index contributed by atoms with van der Waals surface area (Å²) < 4.78 is 0. The average Bonchev–Trinajstić information content (AvgIpc) is 2.40. The monoisotopic (exact) mass is 267 g/mol. The SMILES string of the molecule is O=C(NC(=O)NC1CCCCC1)NC1CCCCC1. The smallest absolute Gasteiger partial charge is 0.323 e. The van der Waals surface area contributed by atoms with Crippen molar-refractivity contribution in [1.29, 1.82) is 0 Å². The van der Waals surface area contributed by atoms with E-state index in [1.54, 1.807) is 0 Å². The highest BCUT2D eigenvalue weighted by Crippen LogP contribution is 2.18.